The molecule has 5 heteroatoms. The van der Waals surface area contributed by atoms with E-state index in [1.807, 2.05) is 12.1 Å². The zero-order chi connectivity index (χ0) is 25.5. The summed E-state index contributed by atoms with van der Waals surface area (Å²) in [4.78, 5) is 0. The summed E-state index contributed by atoms with van der Waals surface area (Å²) in [6, 6.07) is 18.8. The van der Waals surface area contributed by atoms with Crippen molar-refractivity contribution in [2.45, 2.75) is 31.3 Å². The topological polar surface area (TPSA) is 20.2 Å². The highest BCUT2D eigenvalue weighted by molar-refractivity contribution is 5.91. The fourth-order valence-corrected chi connectivity index (χ4v) is 6.74. The molecule has 0 atom stereocenters. The molecule has 0 amide bonds. The molecular formula is C32H22F4O. The Morgan fingerprint density at radius 1 is 0.568 bits per heavy atom. The van der Waals surface area contributed by atoms with Crippen molar-refractivity contribution in [3.8, 4) is 0 Å². The van der Waals surface area contributed by atoms with E-state index >= 15 is 0 Å². The standard InChI is InChI=1S/C16H12F2O.C16H10F2/c17-12-3-1-9-5-11-6-10-2-4-13(18)8-15(10)16(11,19)14(9)7-12;17-12-3-1-9-5-11-6-10-2-4-13(18)8-15(10)16(11)14(9)7-12/h1-4,7-8,11,19H,5-6H2;1-4,7-8H,5-6H2. The van der Waals surface area contributed by atoms with Gasteiger partial charge in [-0.3, -0.25) is 0 Å². The Morgan fingerprint density at radius 2 is 0.973 bits per heavy atom. The zero-order valence-electron chi connectivity index (χ0n) is 19.8. The van der Waals surface area contributed by atoms with E-state index in [1.54, 1.807) is 24.3 Å². The number of hydrogen-bond acceptors (Lipinski definition) is 1. The summed E-state index contributed by atoms with van der Waals surface area (Å²) in [6.07, 6.45) is 3.15. The van der Waals surface area contributed by atoms with Gasteiger partial charge >= 0.3 is 0 Å². The molecule has 4 aromatic carbocycles. The minimum atomic E-state index is -1.23. The van der Waals surface area contributed by atoms with Crippen LogP contribution in [0.15, 0.2) is 78.4 Å². The van der Waals surface area contributed by atoms with Crippen molar-refractivity contribution in [3.63, 3.8) is 0 Å². The van der Waals surface area contributed by atoms with Gasteiger partial charge in [0.1, 0.15) is 28.9 Å². The first-order valence-electron chi connectivity index (χ1n) is 12.4. The van der Waals surface area contributed by atoms with Gasteiger partial charge in [-0.05, 0) is 124 Å². The van der Waals surface area contributed by atoms with Crippen molar-refractivity contribution in [3.05, 3.63) is 146 Å². The van der Waals surface area contributed by atoms with Crippen LogP contribution in [0, 0.1) is 29.2 Å². The maximum Gasteiger partial charge on any atom is 0.123 e. The molecule has 184 valence electrons. The lowest BCUT2D eigenvalue weighted by Crippen LogP contribution is -2.28. The predicted octanol–water partition coefficient (Wildman–Crippen LogP) is 6.81. The second kappa shape index (κ2) is 7.90. The SMILES string of the molecule is Fc1ccc2c(c1)C1=C(C2)Cc2ccc(F)cc21.OC12c3cc(F)ccc3CC1Cc1ccc(F)cc12. The van der Waals surface area contributed by atoms with Gasteiger partial charge in [-0.1, -0.05) is 29.8 Å². The third kappa shape index (κ3) is 3.33. The maximum atomic E-state index is 13.5. The van der Waals surface area contributed by atoms with Crippen molar-refractivity contribution >= 4 is 5.57 Å². The van der Waals surface area contributed by atoms with Gasteiger partial charge in [0, 0.05) is 5.92 Å². The molecule has 0 aromatic heterocycles. The Kier molecular flexibility index (Phi) is 4.80. The molecule has 0 heterocycles. The van der Waals surface area contributed by atoms with Crippen LogP contribution in [0.5, 0.6) is 0 Å². The molecule has 1 nitrogen and oxygen atoms in total. The van der Waals surface area contributed by atoms with E-state index in [2.05, 4.69) is 0 Å². The second-order valence-electron chi connectivity index (χ2n) is 10.4. The fourth-order valence-electron chi connectivity index (χ4n) is 6.74. The summed E-state index contributed by atoms with van der Waals surface area (Å²) in [6.45, 7) is 0. The number of fused-ring (bicyclic) bond motifs is 9. The molecule has 0 saturated heterocycles. The van der Waals surface area contributed by atoms with Crippen molar-refractivity contribution in [2.75, 3.05) is 0 Å². The van der Waals surface area contributed by atoms with Crippen LogP contribution >= 0.6 is 0 Å². The number of aliphatic hydroxyl groups is 1. The van der Waals surface area contributed by atoms with Gasteiger partial charge in [0.15, 0.2) is 0 Å². The summed E-state index contributed by atoms with van der Waals surface area (Å²) in [5, 5.41) is 11.1. The lowest BCUT2D eigenvalue weighted by Gasteiger charge is -2.25. The average Bonchev–Trinajstić information content (AvgIpc) is 3.56. The number of allylic oxidation sites excluding steroid dienone is 1. The molecule has 0 aliphatic heterocycles. The van der Waals surface area contributed by atoms with Crippen molar-refractivity contribution < 1.29 is 22.7 Å². The van der Waals surface area contributed by atoms with E-state index in [9.17, 15) is 22.7 Å². The molecule has 0 fully saturated rings. The molecule has 4 aliphatic rings. The minimum Gasteiger partial charge on any atom is -0.380 e. The smallest absolute Gasteiger partial charge is 0.123 e. The quantitative estimate of drug-likeness (QED) is 0.264. The first-order chi connectivity index (χ1) is 17.8. The minimum absolute atomic E-state index is 0.0129. The van der Waals surface area contributed by atoms with Gasteiger partial charge in [-0.2, -0.15) is 0 Å². The highest BCUT2D eigenvalue weighted by atomic mass is 19.1. The van der Waals surface area contributed by atoms with Crippen molar-refractivity contribution in [1.29, 1.82) is 0 Å². The van der Waals surface area contributed by atoms with Crippen LogP contribution in [-0.4, -0.2) is 5.11 Å². The van der Waals surface area contributed by atoms with Crippen LogP contribution in [0.3, 0.4) is 0 Å². The van der Waals surface area contributed by atoms with Crippen LogP contribution in [0.25, 0.3) is 5.57 Å². The first-order valence-corrected chi connectivity index (χ1v) is 12.4. The molecule has 4 aliphatic carbocycles. The van der Waals surface area contributed by atoms with Gasteiger partial charge in [0.25, 0.3) is 0 Å². The fraction of sp³-hybridized carbons (Fsp3) is 0.188. The highest BCUT2D eigenvalue weighted by Crippen LogP contribution is 2.53. The van der Waals surface area contributed by atoms with Gasteiger partial charge in [0.2, 0.25) is 0 Å². The van der Waals surface area contributed by atoms with E-state index < -0.39 is 5.60 Å². The summed E-state index contributed by atoms with van der Waals surface area (Å²) in [5.41, 5.74) is 8.41. The summed E-state index contributed by atoms with van der Waals surface area (Å²) >= 11 is 0. The molecule has 0 saturated carbocycles. The highest BCUT2D eigenvalue weighted by Gasteiger charge is 2.52. The third-order valence-electron chi connectivity index (χ3n) is 8.33. The summed E-state index contributed by atoms with van der Waals surface area (Å²) < 4.78 is 53.7. The molecule has 0 bridgehead atoms. The number of halogens is 4. The molecule has 4 aromatic rings. The Morgan fingerprint density at radius 3 is 1.43 bits per heavy atom. The van der Waals surface area contributed by atoms with E-state index in [4.69, 9.17) is 0 Å². The van der Waals surface area contributed by atoms with Crippen molar-refractivity contribution in [1.82, 2.24) is 0 Å². The first kappa shape index (κ1) is 22.5. The van der Waals surface area contributed by atoms with Crippen molar-refractivity contribution in [2.24, 2.45) is 5.92 Å². The van der Waals surface area contributed by atoms with Crippen LogP contribution in [0.4, 0.5) is 17.6 Å². The van der Waals surface area contributed by atoms with E-state index in [0.29, 0.717) is 24.0 Å². The van der Waals surface area contributed by atoms with E-state index in [0.717, 1.165) is 51.8 Å². The average molecular weight is 499 g/mol. The molecule has 37 heavy (non-hydrogen) atoms. The maximum absolute atomic E-state index is 13.5. The molecule has 0 unspecified atom stereocenters. The molecule has 8 rings (SSSR count). The monoisotopic (exact) mass is 498 g/mol. The normalized spacial score (nSPS) is 21.5. The predicted molar refractivity (Wildman–Crippen MR) is 133 cm³/mol. The molecule has 1 N–H and O–H groups in total. The summed E-state index contributed by atoms with van der Waals surface area (Å²) in [7, 11) is 0. The second-order valence-corrected chi connectivity index (χ2v) is 10.4. The Balaban J connectivity index is 0.000000125. The lowest BCUT2D eigenvalue weighted by atomic mass is 9.86. The lowest BCUT2D eigenvalue weighted by molar-refractivity contribution is 0.0437. The Bertz CT molecular complexity index is 1540. The van der Waals surface area contributed by atoms with Crippen LogP contribution < -0.4 is 0 Å². The zero-order valence-corrected chi connectivity index (χ0v) is 19.8. The Labute approximate surface area is 211 Å². The summed E-state index contributed by atoms with van der Waals surface area (Å²) in [5.74, 6) is -1.20. The van der Waals surface area contributed by atoms with Gasteiger partial charge in [-0.15, -0.1) is 0 Å². The Hall–Kier alpha value is -3.70. The van der Waals surface area contributed by atoms with Gasteiger partial charge in [0.05, 0.1) is 0 Å². The molecule has 0 spiro atoms. The molecule has 0 radical (unpaired) electrons. The van der Waals surface area contributed by atoms with Crippen LogP contribution in [-0.2, 0) is 31.3 Å². The van der Waals surface area contributed by atoms with Gasteiger partial charge < -0.3 is 5.11 Å². The van der Waals surface area contributed by atoms with Crippen LogP contribution in [0.2, 0.25) is 0 Å². The number of hydrogen-bond donors (Lipinski definition) is 1. The van der Waals surface area contributed by atoms with E-state index in [-0.39, 0.29) is 29.2 Å². The molecular weight excluding hydrogens is 476 g/mol. The number of rotatable bonds is 0. The van der Waals surface area contributed by atoms with Crippen LogP contribution in [0.1, 0.15) is 44.5 Å². The largest absolute Gasteiger partial charge is 0.380 e. The number of benzene rings is 4. The van der Waals surface area contributed by atoms with E-state index in [1.165, 1.54) is 42.0 Å². The van der Waals surface area contributed by atoms with Gasteiger partial charge in [-0.25, -0.2) is 17.6 Å². The third-order valence-corrected chi connectivity index (χ3v) is 8.33.